The van der Waals surface area contributed by atoms with Crippen LogP contribution in [-0.2, 0) is 4.79 Å². The predicted molar refractivity (Wildman–Crippen MR) is 68.5 cm³/mol. The molecule has 17 heavy (non-hydrogen) atoms. The van der Waals surface area contributed by atoms with E-state index in [0.29, 0.717) is 12.8 Å². The molecule has 1 aromatic rings. The van der Waals surface area contributed by atoms with Crippen LogP contribution in [0.15, 0.2) is 42.5 Å². The molecule has 92 valence electrons. The molecule has 0 saturated carbocycles. The second-order valence-corrected chi connectivity index (χ2v) is 4.17. The fourth-order valence-electron chi connectivity index (χ4n) is 1.51. The average Bonchev–Trinajstić information content (AvgIpc) is 2.34. The van der Waals surface area contributed by atoms with Gasteiger partial charge in [-0.2, -0.15) is 0 Å². The van der Waals surface area contributed by atoms with Crippen molar-refractivity contribution in [3.63, 3.8) is 0 Å². The molecule has 1 aromatic carbocycles. The minimum absolute atomic E-state index is 0.0593. The zero-order chi connectivity index (χ0) is 12.7. The maximum absolute atomic E-state index is 11.6. The number of carbonyl (C=O) groups excluding carboxylic acids is 1. The molecule has 0 bridgehead atoms. The molecule has 2 N–H and O–H groups in total. The van der Waals surface area contributed by atoms with Crippen molar-refractivity contribution in [1.82, 2.24) is 5.32 Å². The Bertz CT molecular complexity index is 373. The molecule has 0 aromatic heterocycles. The minimum atomic E-state index is -0.325. The van der Waals surface area contributed by atoms with Gasteiger partial charge in [0.1, 0.15) is 0 Å². The Morgan fingerprint density at radius 1 is 1.35 bits per heavy atom. The quantitative estimate of drug-likeness (QED) is 0.740. The Balaban J connectivity index is 2.53. The van der Waals surface area contributed by atoms with E-state index in [1.165, 1.54) is 0 Å². The van der Waals surface area contributed by atoms with Crippen LogP contribution in [0.4, 0.5) is 0 Å². The summed E-state index contributed by atoms with van der Waals surface area (Å²) in [5, 5.41) is 12.1. The van der Waals surface area contributed by atoms with Crippen molar-refractivity contribution in [2.24, 2.45) is 0 Å². The third-order valence-corrected chi connectivity index (χ3v) is 2.50. The fraction of sp³-hybridized carbons (Fsp3) is 0.357. The second-order valence-electron chi connectivity index (χ2n) is 4.17. The zero-order valence-corrected chi connectivity index (χ0v) is 10.1. The highest BCUT2D eigenvalue weighted by atomic mass is 16.3. The summed E-state index contributed by atoms with van der Waals surface area (Å²) in [4.78, 5) is 11.6. The molecular formula is C14H19NO2. The lowest BCUT2D eigenvalue weighted by Gasteiger charge is -2.16. The number of hydrogen-bond acceptors (Lipinski definition) is 2. The number of carbonyl (C=O) groups is 1. The van der Waals surface area contributed by atoms with Gasteiger partial charge in [0.25, 0.3) is 0 Å². The van der Waals surface area contributed by atoms with Gasteiger partial charge in [-0.3, -0.25) is 4.79 Å². The SMILES string of the molecule is C=C(C)CCC(=O)NC(CO)c1ccccc1. The van der Waals surface area contributed by atoms with Gasteiger partial charge in [-0.05, 0) is 18.9 Å². The van der Waals surface area contributed by atoms with E-state index in [2.05, 4.69) is 11.9 Å². The Labute approximate surface area is 102 Å². The maximum atomic E-state index is 11.6. The van der Waals surface area contributed by atoms with E-state index in [0.717, 1.165) is 11.1 Å². The lowest BCUT2D eigenvalue weighted by molar-refractivity contribution is -0.122. The summed E-state index contributed by atoms with van der Waals surface area (Å²) in [6.07, 6.45) is 1.09. The van der Waals surface area contributed by atoms with E-state index in [-0.39, 0.29) is 18.6 Å². The van der Waals surface area contributed by atoms with Gasteiger partial charge >= 0.3 is 0 Å². The molecule has 0 aliphatic carbocycles. The lowest BCUT2D eigenvalue weighted by Crippen LogP contribution is -2.30. The fourth-order valence-corrected chi connectivity index (χ4v) is 1.51. The topological polar surface area (TPSA) is 49.3 Å². The minimum Gasteiger partial charge on any atom is -0.394 e. The summed E-state index contributed by atoms with van der Waals surface area (Å²) in [5.41, 5.74) is 1.90. The standard InChI is InChI=1S/C14H19NO2/c1-11(2)8-9-14(17)15-13(10-16)12-6-4-3-5-7-12/h3-7,13,16H,1,8-10H2,2H3,(H,15,17). The lowest BCUT2D eigenvalue weighted by atomic mass is 10.1. The van der Waals surface area contributed by atoms with Crippen molar-refractivity contribution in [1.29, 1.82) is 0 Å². The highest BCUT2D eigenvalue weighted by molar-refractivity contribution is 5.76. The van der Waals surface area contributed by atoms with Crippen LogP contribution >= 0.6 is 0 Å². The number of aliphatic hydroxyl groups excluding tert-OH is 1. The molecule has 0 aliphatic rings. The van der Waals surface area contributed by atoms with Crippen LogP contribution in [0.3, 0.4) is 0 Å². The van der Waals surface area contributed by atoms with E-state index in [4.69, 9.17) is 0 Å². The number of aliphatic hydroxyl groups is 1. The van der Waals surface area contributed by atoms with Crippen LogP contribution in [0.5, 0.6) is 0 Å². The molecule has 1 atom stereocenters. The Morgan fingerprint density at radius 2 is 2.00 bits per heavy atom. The molecule has 3 heteroatoms. The number of allylic oxidation sites excluding steroid dienone is 1. The molecule has 0 spiro atoms. The van der Waals surface area contributed by atoms with Crippen molar-refractivity contribution >= 4 is 5.91 Å². The van der Waals surface area contributed by atoms with E-state index >= 15 is 0 Å². The molecule has 0 radical (unpaired) electrons. The van der Waals surface area contributed by atoms with Crippen LogP contribution in [-0.4, -0.2) is 17.6 Å². The zero-order valence-electron chi connectivity index (χ0n) is 10.1. The summed E-state index contributed by atoms with van der Waals surface area (Å²) in [6, 6.07) is 9.13. The summed E-state index contributed by atoms with van der Waals surface area (Å²) < 4.78 is 0. The van der Waals surface area contributed by atoms with E-state index in [9.17, 15) is 9.90 Å². The van der Waals surface area contributed by atoms with E-state index in [1.54, 1.807) is 0 Å². The smallest absolute Gasteiger partial charge is 0.220 e. The number of hydrogen-bond donors (Lipinski definition) is 2. The molecule has 0 saturated heterocycles. The van der Waals surface area contributed by atoms with Crippen LogP contribution in [0.25, 0.3) is 0 Å². The van der Waals surface area contributed by atoms with Crippen LogP contribution in [0, 0.1) is 0 Å². The largest absolute Gasteiger partial charge is 0.394 e. The molecule has 1 unspecified atom stereocenters. The molecule has 3 nitrogen and oxygen atoms in total. The van der Waals surface area contributed by atoms with Crippen LogP contribution < -0.4 is 5.32 Å². The first kappa shape index (κ1) is 13.5. The number of nitrogens with one attached hydrogen (secondary N) is 1. The monoisotopic (exact) mass is 233 g/mol. The van der Waals surface area contributed by atoms with Gasteiger partial charge in [0.15, 0.2) is 0 Å². The molecule has 0 heterocycles. The van der Waals surface area contributed by atoms with Gasteiger partial charge in [-0.25, -0.2) is 0 Å². The number of rotatable bonds is 6. The Hall–Kier alpha value is -1.61. The highest BCUT2D eigenvalue weighted by Crippen LogP contribution is 2.12. The maximum Gasteiger partial charge on any atom is 0.220 e. The third kappa shape index (κ3) is 4.83. The van der Waals surface area contributed by atoms with Gasteiger partial charge in [0.05, 0.1) is 12.6 Å². The van der Waals surface area contributed by atoms with Crippen LogP contribution in [0.2, 0.25) is 0 Å². The first-order valence-corrected chi connectivity index (χ1v) is 5.73. The van der Waals surface area contributed by atoms with E-state index in [1.807, 2.05) is 37.3 Å². The summed E-state index contributed by atoms with van der Waals surface area (Å²) >= 11 is 0. The summed E-state index contributed by atoms with van der Waals surface area (Å²) in [6.45, 7) is 5.56. The molecule has 0 aliphatic heterocycles. The van der Waals surface area contributed by atoms with Gasteiger partial charge < -0.3 is 10.4 Å². The Kier molecular flexibility index (Phi) is 5.43. The summed E-state index contributed by atoms with van der Waals surface area (Å²) in [5.74, 6) is -0.0593. The predicted octanol–water partition coefficient (Wildman–Crippen LogP) is 2.19. The van der Waals surface area contributed by atoms with Crippen molar-refractivity contribution in [2.75, 3.05) is 6.61 Å². The van der Waals surface area contributed by atoms with Gasteiger partial charge in [-0.15, -0.1) is 6.58 Å². The third-order valence-electron chi connectivity index (χ3n) is 2.50. The van der Waals surface area contributed by atoms with Crippen molar-refractivity contribution in [3.05, 3.63) is 48.0 Å². The van der Waals surface area contributed by atoms with Gasteiger partial charge in [0, 0.05) is 6.42 Å². The van der Waals surface area contributed by atoms with Gasteiger partial charge in [0.2, 0.25) is 5.91 Å². The van der Waals surface area contributed by atoms with Crippen molar-refractivity contribution < 1.29 is 9.90 Å². The van der Waals surface area contributed by atoms with Crippen LogP contribution in [0.1, 0.15) is 31.4 Å². The first-order valence-electron chi connectivity index (χ1n) is 5.73. The highest BCUT2D eigenvalue weighted by Gasteiger charge is 2.12. The first-order chi connectivity index (χ1) is 8.13. The number of amides is 1. The van der Waals surface area contributed by atoms with E-state index < -0.39 is 0 Å². The van der Waals surface area contributed by atoms with Crippen molar-refractivity contribution in [2.45, 2.75) is 25.8 Å². The average molecular weight is 233 g/mol. The number of benzene rings is 1. The molecular weight excluding hydrogens is 214 g/mol. The van der Waals surface area contributed by atoms with Gasteiger partial charge in [-0.1, -0.05) is 35.9 Å². The Morgan fingerprint density at radius 3 is 2.53 bits per heavy atom. The molecule has 1 amide bonds. The molecule has 1 rings (SSSR count). The summed E-state index contributed by atoms with van der Waals surface area (Å²) in [7, 11) is 0. The molecule has 0 fully saturated rings. The normalized spacial score (nSPS) is 11.9. The second kappa shape index (κ2) is 6.86. The van der Waals surface area contributed by atoms with Crippen molar-refractivity contribution in [3.8, 4) is 0 Å².